The molecule has 1 fully saturated rings. The van der Waals surface area contributed by atoms with Crippen LogP contribution in [0.2, 0.25) is 0 Å². The Hall–Kier alpha value is -1.17. The Morgan fingerprint density at radius 2 is 2.31 bits per heavy atom. The van der Waals surface area contributed by atoms with E-state index in [1.807, 2.05) is 0 Å². The summed E-state index contributed by atoms with van der Waals surface area (Å²) >= 11 is 0. The number of rotatable bonds is 2. The van der Waals surface area contributed by atoms with Gasteiger partial charge in [-0.2, -0.15) is 4.39 Å². The lowest BCUT2D eigenvalue weighted by atomic mass is 10.2. The Labute approximate surface area is 93.8 Å². The molecule has 2 heterocycles. The zero-order valence-corrected chi connectivity index (χ0v) is 9.50. The minimum atomic E-state index is -2.93. The molecule has 16 heavy (non-hydrogen) atoms. The first-order valence-electron chi connectivity index (χ1n) is 5.14. The molecule has 0 radical (unpaired) electrons. The van der Waals surface area contributed by atoms with Gasteiger partial charge in [0.25, 0.3) is 0 Å². The molecule has 0 aromatic carbocycles. The van der Waals surface area contributed by atoms with Crippen molar-refractivity contribution >= 4 is 15.5 Å². The second-order valence-electron chi connectivity index (χ2n) is 3.97. The number of hydrogen-bond donors (Lipinski definition) is 1. The molecule has 0 bridgehead atoms. The van der Waals surface area contributed by atoms with E-state index in [1.54, 1.807) is 6.07 Å². The molecule has 1 unspecified atom stereocenters. The third kappa shape index (κ3) is 2.91. The summed E-state index contributed by atoms with van der Waals surface area (Å²) in [5, 5.41) is 3.02. The summed E-state index contributed by atoms with van der Waals surface area (Å²) in [7, 11) is -2.93. The van der Waals surface area contributed by atoms with E-state index in [2.05, 4.69) is 10.3 Å². The molecule has 2 rings (SSSR count). The second kappa shape index (κ2) is 4.37. The molecule has 0 saturated carbocycles. The highest BCUT2D eigenvalue weighted by Gasteiger charge is 2.24. The Bertz CT molecular complexity index is 475. The Morgan fingerprint density at radius 3 is 3.00 bits per heavy atom. The summed E-state index contributed by atoms with van der Waals surface area (Å²) in [5.41, 5.74) is 0.578. The molecule has 1 aliphatic rings. The highest BCUT2D eigenvalue weighted by atomic mass is 32.2. The zero-order chi connectivity index (χ0) is 11.6. The van der Waals surface area contributed by atoms with Crippen LogP contribution in [0.1, 0.15) is 12.8 Å². The van der Waals surface area contributed by atoms with E-state index in [4.69, 9.17) is 0 Å². The lowest BCUT2D eigenvalue weighted by Crippen LogP contribution is -2.34. The van der Waals surface area contributed by atoms with Crippen LogP contribution in [0.4, 0.5) is 10.1 Å². The van der Waals surface area contributed by atoms with Crippen molar-refractivity contribution in [3.63, 3.8) is 0 Å². The molecule has 1 atom stereocenters. The standard InChI is InChI=1S/C10H13FN2O2S/c11-10-6-8(3-4-12-10)13-9-2-1-5-16(14,15)7-9/h3-4,6,9H,1-2,5,7H2,(H,12,13). The van der Waals surface area contributed by atoms with Gasteiger partial charge in [-0.3, -0.25) is 0 Å². The predicted octanol–water partition coefficient (Wildman–Crippen LogP) is 1.21. The van der Waals surface area contributed by atoms with Gasteiger partial charge in [0.05, 0.1) is 11.5 Å². The maximum absolute atomic E-state index is 12.8. The number of anilines is 1. The molecule has 0 spiro atoms. The maximum atomic E-state index is 12.8. The van der Waals surface area contributed by atoms with Crippen LogP contribution < -0.4 is 5.32 Å². The fraction of sp³-hybridized carbons (Fsp3) is 0.500. The molecule has 1 aromatic heterocycles. The highest BCUT2D eigenvalue weighted by molar-refractivity contribution is 7.91. The fourth-order valence-corrected chi connectivity index (χ4v) is 3.50. The number of halogens is 1. The number of pyridine rings is 1. The van der Waals surface area contributed by atoms with Crippen molar-refractivity contribution in [3.8, 4) is 0 Å². The third-order valence-corrected chi connectivity index (χ3v) is 4.38. The molecule has 1 aromatic rings. The summed E-state index contributed by atoms with van der Waals surface area (Å²) in [4.78, 5) is 3.44. The van der Waals surface area contributed by atoms with Gasteiger partial charge in [-0.25, -0.2) is 13.4 Å². The molecule has 1 saturated heterocycles. The largest absolute Gasteiger partial charge is 0.381 e. The molecule has 1 aliphatic heterocycles. The summed E-state index contributed by atoms with van der Waals surface area (Å²) in [6, 6.07) is 2.77. The first kappa shape index (κ1) is 11.3. The fourth-order valence-electron chi connectivity index (χ4n) is 1.86. The minimum Gasteiger partial charge on any atom is -0.381 e. The quantitative estimate of drug-likeness (QED) is 0.794. The SMILES string of the molecule is O=S1(=O)CCCC(Nc2ccnc(F)c2)C1. The number of aromatic nitrogens is 1. The smallest absolute Gasteiger partial charge is 0.214 e. The Balaban J connectivity index is 2.05. The minimum absolute atomic E-state index is 0.122. The summed E-state index contributed by atoms with van der Waals surface area (Å²) in [5.74, 6) is -0.184. The van der Waals surface area contributed by atoms with E-state index in [1.165, 1.54) is 12.3 Å². The van der Waals surface area contributed by atoms with E-state index in [0.29, 0.717) is 12.1 Å². The topological polar surface area (TPSA) is 59.1 Å². The van der Waals surface area contributed by atoms with Crippen molar-refractivity contribution < 1.29 is 12.8 Å². The lowest BCUT2D eigenvalue weighted by Gasteiger charge is -2.23. The van der Waals surface area contributed by atoms with E-state index < -0.39 is 15.8 Å². The van der Waals surface area contributed by atoms with E-state index in [9.17, 15) is 12.8 Å². The van der Waals surface area contributed by atoms with Crippen LogP contribution in [0.5, 0.6) is 0 Å². The van der Waals surface area contributed by atoms with Gasteiger partial charge in [0, 0.05) is 24.0 Å². The van der Waals surface area contributed by atoms with Gasteiger partial charge in [0.15, 0.2) is 9.84 Å². The molecular weight excluding hydrogens is 231 g/mol. The van der Waals surface area contributed by atoms with Crippen LogP contribution >= 0.6 is 0 Å². The molecular formula is C10H13FN2O2S. The summed E-state index contributed by atoms with van der Waals surface area (Å²) < 4.78 is 35.6. The van der Waals surface area contributed by atoms with Gasteiger partial charge in [-0.1, -0.05) is 0 Å². The number of nitrogens with zero attached hydrogens (tertiary/aromatic N) is 1. The predicted molar refractivity (Wildman–Crippen MR) is 59.5 cm³/mol. The third-order valence-electron chi connectivity index (χ3n) is 2.56. The van der Waals surface area contributed by atoms with Crippen LogP contribution in [-0.4, -0.2) is 30.9 Å². The van der Waals surface area contributed by atoms with Gasteiger partial charge in [0.2, 0.25) is 5.95 Å². The lowest BCUT2D eigenvalue weighted by molar-refractivity contribution is 0.561. The first-order chi connectivity index (χ1) is 7.55. The average molecular weight is 244 g/mol. The van der Waals surface area contributed by atoms with E-state index >= 15 is 0 Å². The molecule has 6 heteroatoms. The molecule has 0 amide bonds. The van der Waals surface area contributed by atoms with Crippen LogP contribution in [0.25, 0.3) is 0 Å². The monoisotopic (exact) mass is 244 g/mol. The van der Waals surface area contributed by atoms with Crippen LogP contribution in [0, 0.1) is 5.95 Å². The van der Waals surface area contributed by atoms with Crippen molar-refractivity contribution in [1.29, 1.82) is 0 Å². The van der Waals surface area contributed by atoms with Crippen molar-refractivity contribution in [2.24, 2.45) is 0 Å². The Kier molecular flexibility index (Phi) is 3.09. The first-order valence-corrected chi connectivity index (χ1v) is 6.96. The highest BCUT2D eigenvalue weighted by Crippen LogP contribution is 2.17. The van der Waals surface area contributed by atoms with Crippen LogP contribution in [-0.2, 0) is 9.84 Å². The molecule has 4 nitrogen and oxygen atoms in total. The summed E-state index contributed by atoms with van der Waals surface area (Å²) in [6.45, 7) is 0. The van der Waals surface area contributed by atoms with Gasteiger partial charge in [0.1, 0.15) is 0 Å². The van der Waals surface area contributed by atoms with Crippen molar-refractivity contribution in [2.45, 2.75) is 18.9 Å². The molecule has 88 valence electrons. The van der Waals surface area contributed by atoms with E-state index in [-0.39, 0.29) is 17.5 Å². The number of hydrogen-bond acceptors (Lipinski definition) is 4. The van der Waals surface area contributed by atoms with Gasteiger partial charge < -0.3 is 5.32 Å². The number of nitrogens with one attached hydrogen (secondary N) is 1. The van der Waals surface area contributed by atoms with Gasteiger partial charge >= 0.3 is 0 Å². The maximum Gasteiger partial charge on any atom is 0.214 e. The van der Waals surface area contributed by atoms with Crippen molar-refractivity contribution in [1.82, 2.24) is 4.98 Å². The zero-order valence-electron chi connectivity index (χ0n) is 8.69. The van der Waals surface area contributed by atoms with Gasteiger partial charge in [-0.05, 0) is 18.9 Å². The van der Waals surface area contributed by atoms with Crippen LogP contribution in [0.15, 0.2) is 18.3 Å². The average Bonchev–Trinajstić information content (AvgIpc) is 2.15. The van der Waals surface area contributed by atoms with Crippen molar-refractivity contribution in [3.05, 3.63) is 24.3 Å². The summed E-state index contributed by atoms with van der Waals surface area (Å²) in [6.07, 6.45) is 2.81. The van der Waals surface area contributed by atoms with Crippen molar-refractivity contribution in [2.75, 3.05) is 16.8 Å². The Morgan fingerprint density at radius 1 is 1.50 bits per heavy atom. The van der Waals surface area contributed by atoms with Crippen LogP contribution in [0.3, 0.4) is 0 Å². The van der Waals surface area contributed by atoms with E-state index in [0.717, 1.165) is 6.42 Å². The van der Waals surface area contributed by atoms with Gasteiger partial charge in [-0.15, -0.1) is 0 Å². The second-order valence-corrected chi connectivity index (χ2v) is 6.19. The normalized spacial score (nSPS) is 23.9. The number of sulfone groups is 1. The molecule has 1 N–H and O–H groups in total. The molecule has 0 aliphatic carbocycles.